The summed E-state index contributed by atoms with van der Waals surface area (Å²) in [5, 5.41) is 3.72. The van der Waals surface area contributed by atoms with Crippen molar-refractivity contribution in [3.8, 4) is 0 Å². The average Bonchev–Trinajstić information content (AvgIpc) is 2.84. The molecule has 1 amide bonds. The summed E-state index contributed by atoms with van der Waals surface area (Å²) in [5.41, 5.74) is 7.71. The maximum atomic E-state index is 12.3. The topological polar surface area (TPSA) is 105 Å². The molecule has 21 heavy (non-hydrogen) atoms. The second-order valence-corrected chi connectivity index (χ2v) is 7.71. The molecule has 2 heterocycles. The number of hydrogen-bond donors (Lipinski definition) is 3. The number of fused-ring (bicyclic) bond motifs is 1. The van der Waals surface area contributed by atoms with E-state index in [-0.39, 0.29) is 23.5 Å². The maximum absolute atomic E-state index is 12.3. The summed E-state index contributed by atoms with van der Waals surface area (Å²) in [7, 11) is -2.92. The summed E-state index contributed by atoms with van der Waals surface area (Å²) in [6, 6.07) is 5.25. The Bertz CT molecular complexity index is 781. The fourth-order valence-electron chi connectivity index (χ4n) is 2.63. The van der Waals surface area contributed by atoms with Crippen molar-refractivity contribution in [2.75, 3.05) is 17.2 Å². The molecule has 1 aromatic carbocycles. The first-order chi connectivity index (χ1) is 9.94. The highest BCUT2D eigenvalue weighted by Crippen LogP contribution is 2.21. The lowest BCUT2D eigenvalue weighted by molar-refractivity contribution is 0.0936. The smallest absolute Gasteiger partial charge is 0.253 e. The van der Waals surface area contributed by atoms with E-state index in [0.29, 0.717) is 24.1 Å². The van der Waals surface area contributed by atoms with Crippen molar-refractivity contribution in [3.63, 3.8) is 0 Å². The fourth-order valence-corrected chi connectivity index (χ4v) is 4.12. The van der Waals surface area contributed by atoms with Crippen molar-refractivity contribution < 1.29 is 13.2 Å². The van der Waals surface area contributed by atoms with Gasteiger partial charge in [0.2, 0.25) is 0 Å². The van der Waals surface area contributed by atoms with Gasteiger partial charge in [-0.15, -0.1) is 0 Å². The first-order valence-corrected chi connectivity index (χ1v) is 8.65. The summed E-state index contributed by atoms with van der Waals surface area (Å²) < 4.78 is 22.8. The molecule has 0 unspecified atom stereocenters. The predicted octanol–water partition coefficient (Wildman–Crippen LogP) is 1.06. The van der Waals surface area contributed by atoms with Crippen LogP contribution in [0.2, 0.25) is 0 Å². The molecule has 7 heteroatoms. The molecule has 0 bridgehead atoms. The van der Waals surface area contributed by atoms with Crippen LogP contribution in [0.1, 0.15) is 23.2 Å². The zero-order valence-corrected chi connectivity index (χ0v) is 12.2. The Labute approximate surface area is 122 Å². The van der Waals surface area contributed by atoms with Crippen molar-refractivity contribution in [1.82, 2.24) is 10.3 Å². The van der Waals surface area contributed by atoms with Gasteiger partial charge in [-0.3, -0.25) is 4.79 Å². The molecule has 3 rings (SSSR count). The fraction of sp³-hybridized carbons (Fsp3) is 0.357. The summed E-state index contributed by atoms with van der Waals surface area (Å²) in [6.45, 7) is 0. The van der Waals surface area contributed by atoms with Gasteiger partial charge in [0, 0.05) is 28.8 Å². The number of nitrogens with one attached hydrogen (secondary N) is 2. The Morgan fingerprint density at radius 2 is 2.00 bits per heavy atom. The highest BCUT2D eigenvalue weighted by molar-refractivity contribution is 7.91. The molecule has 0 aliphatic carbocycles. The number of rotatable bonds is 2. The molecular weight excluding hydrogens is 290 g/mol. The van der Waals surface area contributed by atoms with Gasteiger partial charge >= 0.3 is 0 Å². The minimum Gasteiger partial charge on any atom is -0.399 e. The van der Waals surface area contributed by atoms with Gasteiger partial charge in [-0.2, -0.15) is 0 Å². The SMILES string of the molecule is Nc1ccc2c(C(=O)NC3CCS(=O)(=O)CC3)c[nH]c2c1. The van der Waals surface area contributed by atoms with Gasteiger partial charge in [0.15, 0.2) is 0 Å². The molecule has 1 saturated heterocycles. The predicted molar refractivity (Wildman–Crippen MR) is 81.9 cm³/mol. The van der Waals surface area contributed by atoms with E-state index in [9.17, 15) is 13.2 Å². The van der Waals surface area contributed by atoms with Crippen molar-refractivity contribution in [2.24, 2.45) is 0 Å². The number of carbonyl (C=O) groups excluding carboxylic acids is 1. The molecule has 0 saturated carbocycles. The summed E-state index contributed by atoms with van der Waals surface area (Å²) >= 11 is 0. The van der Waals surface area contributed by atoms with E-state index in [2.05, 4.69) is 10.3 Å². The van der Waals surface area contributed by atoms with E-state index in [1.165, 1.54) is 0 Å². The average molecular weight is 307 g/mol. The Morgan fingerprint density at radius 1 is 1.29 bits per heavy atom. The molecule has 1 fully saturated rings. The lowest BCUT2D eigenvalue weighted by atomic mass is 10.1. The molecule has 0 atom stereocenters. The Kier molecular flexibility index (Phi) is 3.36. The standard InChI is InChI=1S/C14H17N3O3S/c15-9-1-2-11-12(8-16-13(11)7-9)14(18)17-10-3-5-21(19,20)6-4-10/h1-2,7-8,10,16H,3-6,15H2,(H,17,18). The number of sulfone groups is 1. The minimum atomic E-state index is -2.92. The number of amides is 1. The quantitative estimate of drug-likeness (QED) is 0.721. The number of aromatic amines is 1. The van der Waals surface area contributed by atoms with Crippen molar-refractivity contribution in [2.45, 2.75) is 18.9 Å². The van der Waals surface area contributed by atoms with Crippen LogP contribution in [0, 0.1) is 0 Å². The zero-order chi connectivity index (χ0) is 15.0. The van der Waals surface area contributed by atoms with Gasteiger partial charge in [0.25, 0.3) is 5.91 Å². The molecule has 6 nitrogen and oxygen atoms in total. The van der Waals surface area contributed by atoms with Gasteiger partial charge in [0.1, 0.15) is 9.84 Å². The zero-order valence-electron chi connectivity index (χ0n) is 11.4. The number of carbonyl (C=O) groups is 1. The number of aromatic nitrogens is 1. The second kappa shape index (κ2) is 5.07. The first-order valence-electron chi connectivity index (χ1n) is 6.82. The summed E-state index contributed by atoms with van der Waals surface area (Å²) in [4.78, 5) is 15.3. The number of H-pyrrole nitrogens is 1. The van der Waals surface area contributed by atoms with E-state index >= 15 is 0 Å². The van der Waals surface area contributed by atoms with Crippen LogP contribution in [0.4, 0.5) is 5.69 Å². The van der Waals surface area contributed by atoms with Crippen LogP contribution in [-0.4, -0.2) is 36.9 Å². The Balaban J connectivity index is 1.76. The highest BCUT2D eigenvalue weighted by Gasteiger charge is 2.25. The number of anilines is 1. The van der Waals surface area contributed by atoms with Gasteiger partial charge in [-0.1, -0.05) is 0 Å². The number of hydrogen-bond acceptors (Lipinski definition) is 4. The van der Waals surface area contributed by atoms with Crippen LogP contribution >= 0.6 is 0 Å². The minimum absolute atomic E-state index is 0.0836. The van der Waals surface area contributed by atoms with Gasteiger partial charge in [-0.05, 0) is 31.0 Å². The van der Waals surface area contributed by atoms with E-state index < -0.39 is 9.84 Å². The van der Waals surface area contributed by atoms with Gasteiger partial charge < -0.3 is 16.0 Å². The van der Waals surface area contributed by atoms with Crippen molar-refractivity contribution >= 4 is 32.3 Å². The normalized spacial score (nSPS) is 18.7. The van der Waals surface area contributed by atoms with Crippen LogP contribution in [0.15, 0.2) is 24.4 Å². The monoisotopic (exact) mass is 307 g/mol. The van der Waals surface area contributed by atoms with Crippen LogP contribution in [-0.2, 0) is 9.84 Å². The summed E-state index contributed by atoms with van der Waals surface area (Å²) in [6.07, 6.45) is 2.60. The lowest BCUT2D eigenvalue weighted by Crippen LogP contribution is -2.40. The first kappa shape index (κ1) is 13.9. The van der Waals surface area contributed by atoms with Crippen LogP contribution in [0.25, 0.3) is 10.9 Å². The van der Waals surface area contributed by atoms with Crippen molar-refractivity contribution in [3.05, 3.63) is 30.0 Å². The molecule has 1 aliphatic rings. The molecular formula is C14H17N3O3S. The lowest BCUT2D eigenvalue weighted by Gasteiger charge is -2.22. The molecule has 2 aromatic rings. The van der Waals surface area contributed by atoms with Crippen molar-refractivity contribution in [1.29, 1.82) is 0 Å². The third-order valence-corrected chi connectivity index (χ3v) is 5.56. The van der Waals surface area contributed by atoms with Gasteiger partial charge in [-0.25, -0.2) is 8.42 Å². The highest BCUT2D eigenvalue weighted by atomic mass is 32.2. The molecule has 112 valence electrons. The molecule has 0 radical (unpaired) electrons. The molecule has 1 aromatic heterocycles. The van der Waals surface area contributed by atoms with E-state index in [1.54, 1.807) is 24.4 Å². The van der Waals surface area contributed by atoms with Crippen LogP contribution in [0.3, 0.4) is 0 Å². The van der Waals surface area contributed by atoms with Crippen LogP contribution in [0.5, 0.6) is 0 Å². The third-order valence-electron chi connectivity index (χ3n) is 3.84. The van der Waals surface area contributed by atoms with E-state index in [1.807, 2.05) is 0 Å². The third kappa shape index (κ3) is 2.87. The number of nitrogens with two attached hydrogens (primary N) is 1. The molecule has 4 N–H and O–H groups in total. The second-order valence-electron chi connectivity index (χ2n) is 5.41. The van der Waals surface area contributed by atoms with Crippen LogP contribution < -0.4 is 11.1 Å². The number of nitrogen functional groups attached to an aromatic ring is 1. The Hall–Kier alpha value is -2.02. The Morgan fingerprint density at radius 3 is 2.71 bits per heavy atom. The molecule has 0 spiro atoms. The van der Waals surface area contributed by atoms with Gasteiger partial charge in [0.05, 0.1) is 17.1 Å². The number of benzene rings is 1. The molecule has 1 aliphatic heterocycles. The summed E-state index contributed by atoms with van der Waals surface area (Å²) in [5.74, 6) is 0.0976. The van der Waals surface area contributed by atoms with E-state index in [4.69, 9.17) is 5.73 Å². The van der Waals surface area contributed by atoms with E-state index in [0.717, 1.165) is 10.9 Å². The maximum Gasteiger partial charge on any atom is 0.253 e. The largest absolute Gasteiger partial charge is 0.399 e.